The third-order valence-corrected chi connectivity index (χ3v) is 3.62. The molecule has 1 unspecified atom stereocenters. The molecule has 0 saturated carbocycles. The second-order valence-corrected chi connectivity index (χ2v) is 4.68. The lowest BCUT2D eigenvalue weighted by Gasteiger charge is -2.22. The molecule has 3 rings (SSSR count). The highest BCUT2D eigenvalue weighted by Crippen LogP contribution is 2.31. The van der Waals surface area contributed by atoms with Gasteiger partial charge in [-0.05, 0) is 45.1 Å². The summed E-state index contributed by atoms with van der Waals surface area (Å²) in [6, 6.07) is 0.438. The van der Waals surface area contributed by atoms with E-state index in [9.17, 15) is 0 Å². The Kier molecular flexibility index (Phi) is 2.49. The number of aryl methyl sites for hydroxylation is 1. The van der Waals surface area contributed by atoms with E-state index in [-0.39, 0.29) is 0 Å². The smallest absolute Gasteiger partial charge is 0.157 e. The minimum absolute atomic E-state index is 0.438. The molecule has 0 spiro atoms. The van der Waals surface area contributed by atoms with Gasteiger partial charge < -0.3 is 9.84 Å². The van der Waals surface area contributed by atoms with Gasteiger partial charge in [-0.3, -0.25) is 0 Å². The Morgan fingerprint density at radius 3 is 2.93 bits per heavy atom. The first-order valence-corrected chi connectivity index (χ1v) is 6.16. The molecule has 1 aromatic heterocycles. The zero-order valence-corrected chi connectivity index (χ0v) is 9.09. The van der Waals surface area contributed by atoms with Crippen molar-refractivity contribution in [1.29, 1.82) is 0 Å². The Morgan fingerprint density at radius 1 is 1.13 bits per heavy atom. The van der Waals surface area contributed by atoms with E-state index >= 15 is 0 Å². The van der Waals surface area contributed by atoms with Crippen molar-refractivity contribution in [3.8, 4) is 0 Å². The number of fused-ring (bicyclic) bond motifs is 1. The molecule has 0 bridgehead atoms. The normalized spacial score (nSPS) is 26.3. The summed E-state index contributed by atoms with van der Waals surface area (Å²) in [4.78, 5) is 0. The first-order chi connectivity index (χ1) is 7.45. The molecule has 3 nitrogen and oxygen atoms in total. The Bertz CT molecular complexity index is 339. The molecular weight excluding hydrogens is 188 g/mol. The summed E-state index contributed by atoms with van der Waals surface area (Å²) < 4.78 is 5.54. The van der Waals surface area contributed by atoms with Gasteiger partial charge in [0.25, 0.3) is 0 Å². The highest BCUT2D eigenvalue weighted by Gasteiger charge is 2.26. The molecule has 1 N–H and O–H groups in total. The van der Waals surface area contributed by atoms with Crippen LogP contribution in [0.25, 0.3) is 0 Å². The molecule has 0 radical (unpaired) electrons. The maximum absolute atomic E-state index is 5.54. The van der Waals surface area contributed by atoms with E-state index < -0.39 is 0 Å². The second-order valence-electron chi connectivity index (χ2n) is 4.68. The van der Waals surface area contributed by atoms with Crippen LogP contribution in [0, 0.1) is 0 Å². The average Bonchev–Trinajstić information content (AvgIpc) is 2.74. The summed E-state index contributed by atoms with van der Waals surface area (Å²) in [5.74, 6) is 1.14. The van der Waals surface area contributed by atoms with Crippen molar-refractivity contribution in [3.63, 3.8) is 0 Å². The summed E-state index contributed by atoms with van der Waals surface area (Å²) in [7, 11) is 0. The lowest BCUT2D eigenvalue weighted by molar-refractivity contribution is 0.302. The zero-order chi connectivity index (χ0) is 10.1. The molecule has 82 valence electrons. The molecule has 1 aliphatic carbocycles. The summed E-state index contributed by atoms with van der Waals surface area (Å²) >= 11 is 0. The average molecular weight is 206 g/mol. The van der Waals surface area contributed by atoms with E-state index in [0.29, 0.717) is 6.04 Å². The molecule has 1 aromatic rings. The summed E-state index contributed by atoms with van der Waals surface area (Å²) in [6.07, 6.45) is 8.69. The van der Waals surface area contributed by atoms with Crippen molar-refractivity contribution >= 4 is 0 Å². The fourth-order valence-electron chi connectivity index (χ4n) is 2.76. The number of hydrogen-bond acceptors (Lipinski definition) is 3. The molecule has 1 atom stereocenters. The highest BCUT2D eigenvalue weighted by molar-refractivity contribution is 5.27. The van der Waals surface area contributed by atoms with E-state index in [4.69, 9.17) is 4.52 Å². The molecule has 0 amide bonds. The van der Waals surface area contributed by atoms with E-state index in [1.807, 2.05) is 0 Å². The van der Waals surface area contributed by atoms with Crippen molar-refractivity contribution in [1.82, 2.24) is 10.5 Å². The minimum atomic E-state index is 0.438. The van der Waals surface area contributed by atoms with Gasteiger partial charge in [0, 0.05) is 5.56 Å². The first-order valence-electron chi connectivity index (χ1n) is 6.16. The van der Waals surface area contributed by atoms with Crippen molar-refractivity contribution in [2.75, 3.05) is 6.54 Å². The topological polar surface area (TPSA) is 38.1 Å². The van der Waals surface area contributed by atoms with Crippen molar-refractivity contribution in [3.05, 3.63) is 17.0 Å². The Morgan fingerprint density at radius 2 is 2.07 bits per heavy atom. The van der Waals surface area contributed by atoms with Gasteiger partial charge in [0.2, 0.25) is 0 Å². The lowest BCUT2D eigenvalue weighted by Crippen LogP contribution is -2.27. The van der Waals surface area contributed by atoms with Gasteiger partial charge in [-0.15, -0.1) is 0 Å². The molecule has 0 aromatic carbocycles. The standard InChI is InChI=1S/C12H18N2O/c1-2-6-10-9(5-1)12(15-14-10)11-7-3-4-8-13-11/h11,13H,1-8H2. The largest absolute Gasteiger partial charge is 0.359 e. The fourth-order valence-corrected chi connectivity index (χ4v) is 2.76. The zero-order valence-electron chi connectivity index (χ0n) is 9.09. The van der Waals surface area contributed by atoms with E-state index in [0.717, 1.165) is 18.7 Å². The monoisotopic (exact) mass is 206 g/mol. The summed E-state index contributed by atoms with van der Waals surface area (Å²) in [6.45, 7) is 1.13. The maximum atomic E-state index is 5.54. The van der Waals surface area contributed by atoms with E-state index in [1.54, 1.807) is 0 Å². The van der Waals surface area contributed by atoms with Crippen molar-refractivity contribution in [2.45, 2.75) is 51.0 Å². The number of nitrogens with zero attached hydrogens (tertiary/aromatic N) is 1. The molecular formula is C12H18N2O. The third-order valence-electron chi connectivity index (χ3n) is 3.62. The van der Waals surface area contributed by atoms with Crippen LogP contribution >= 0.6 is 0 Å². The van der Waals surface area contributed by atoms with Gasteiger partial charge in [0.05, 0.1) is 11.7 Å². The lowest BCUT2D eigenvalue weighted by atomic mass is 9.92. The molecule has 1 saturated heterocycles. The SMILES string of the molecule is C1CCC(c2onc3c2CCCC3)NC1. The van der Waals surface area contributed by atoms with Crippen LogP contribution in [0.2, 0.25) is 0 Å². The predicted molar refractivity (Wildman–Crippen MR) is 57.7 cm³/mol. The molecule has 1 aliphatic heterocycles. The first kappa shape index (κ1) is 9.40. The van der Waals surface area contributed by atoms with Crippen LogP contribution in [-0.4, -0.2) is 11.7 Å². The minimum Gasteiger partial charge on any atom is -0.359 e. The molecule has 3 heteroatoms. The second kappa shape index (κ2) is 3.97. The quantitative estimate of drug-likeness (QED) is 0.766. The number of aromatic nitrogens is 1. The number of hydrogen-bond donors (Lipinski definition) is 1. The molecule has 1 fully saturated rings. The summed E-state index contributed by atoms with van der Waals surface area (Å²) in [5.41, 5.74) is 2.64. The molecule has 15 heavy (non-hydrogen) atoms. The van der Waals surface area contributed by atoms with Gasteiger partial charge in [0.1, 0.15) is 0 Å². The van der Waals surface area contributed by atoms with Crippen LogP contribution in [-0.2, 0) is 12.8 Å². The van der Waals surface area contributed by atoms with Gasteiger partial charge in [-0.2, -0.15) is 0 Å². The Balaban J connectivity index is 1.87. The van der Waals surface area contributed by atoms with Crippen LogP contribution in [0.5, 0.6) is 0 Å². The van der Waals surface area contributed by atoms with Gasteiger partial charge >= 0.3 is 0 Å². The maximum Gasteiger partial charge on any atom is 0.157 e. The van der Waals surface area contributed by atoms with Crippen LogP contribution in [0.3, 0.4) is 0 Å². The number of piperidine rings is 1. The Hall–Kier alpha value is -0.830. The van der Waals surface area contributed by atoms with Crippen LogP contribution < -0.4 is 5.32 Å². The van der Waals surface area contributed by atoms with Gasteiger partial charge in [-0.25, -0.2) is 0 Å². The molecule has 2 heterocycles. The summed E-state index contributed by atoms with van der Waals surface area (Å²) in [5, 5.41) is 7.75. The van der Waals surface area contributed by atoms with Crippen LogP contribution in [0.1, 0.15) is 55.2 Å². The third kappa shape index (κ3) is 1.69. The van der Waals surface area contributed by atoms with Crippen LogP contribution in [0.15, 0.2) is 4.52 Å². The number of rotatable bonds is 1. The number of nitrogens with one attached hydrogen (secondary N) is 1. The van der Waals surface area contributed by atoms with Crippen molar-refractivity contribution in [2.24, 2.45) is 0 Å². The van der Waals surface area contributed by atoms with Gasteiger partial charge in [0.15, 0.2) is 5.76 Å². The van der Waals surface area contributed by atoms with E-state index in [2.05, 4.69) is 10.5 Å². The van der Waals surface area contributed by atoms with E-state index in [1.165, 1.54) is 49.8 Å². The predicted octanol–water partition coefficient (Wildman–Crippen LogP) is 2.37. The van der Waals surface area contributed by atoms with Crippen molar-refractivity contribution < 1.29 is 4.52 Å². The van der Waals surface area contributed by atoms with Crippen LogP contribution in [0.4, 0.5) is 0 Å². The fraction of sp³-hybridized carbons (Fsp3) is 0.750. The Labute approximate surface area is 90.2 Å². The molecule has 2 aliphatic rings. The highest BCUT2D eigenvalue weighted by atomic mass is 16.5. The van der Waals surface area contributed by atoms with Gasteiger partial charge in [-0.1, -0.05) is 11.6 Å².